The van der Waals surface area contributed by atoms with Gasteiger partial charge in [-0.3, -0.25) is 0 Å². The highest BCUT2D eigenvalue weighted by atomic mass is 16.5. The van der Waals surface area contributed by atoms with Crippen LogP contribution >= 0.6 is 0 Å². The maximum Gasteiger partial charge on any atom is 0.407 e. The van der Waals surface area contributed by atoms with Crippen molar-refractivity contribution in [2.75, 3.05) is 13.2 Å². The van der Waals surface area contributed by atoms with E-state index in [0.717, 1.165) is 32.1 Å². The molecule has 0 aliphatic rings. The number of rotatable bonds is 7. The summed E-state index contributed by atoms with van der Waals surface area (Å²) in [5.41, 5.74) is 0. The molecule has 0 saturated heterocycles. The number of amides is 1. The highest BCUT2D eigenvalue weighted by Gasteiger charge is 1.98. The van der Waals surface area contributed by atoms with Crippen LogP contribution in [0.1, 0.15) is 39.0 Å². The maximum atomic E-state index is 10.9. The van der Waals surface area contributed by atoms with Crippen molar-refractivity contribution >= 4 is 6.09 Å². The van der Waals surface area contributed by atoms with Gasteiger partial charge in [-0.1, -0.05) is 33.1 Å². The molecule has 0 heterocycles. The second-order valence-corrected chi connectivity index (χ2v) is 2.98. The Morgan fingerprint density at radius 3 is 2.77 bits per heavy atom. The lowest BCUT2D eigenvalue weighted by molar-refractivity contribution is 0.144. The summed E-state index contributed by atoms with van der Waals surface area (Å²) in [4.78, 5) is 10.9. The molecule has 0 saturated carbocycles. The van der Waals surface area contributed by atoms with Crippen molar-refractivity contribution in [1.29, 1.82) is 0 Å². The van der Waals surface area contributed by atoms with E-state index >= 15 is 0 Å². The van der Waals surface area contributed by atoms with Crippen LogP contribution in [0.5, 0.6) is 0 Å². The minimum Gasteiger partial charge on any atom is -0.450 e. The van der Waals surface area contributed by atoms with Crippen LogP contribution in [-0.2, 0) is 4.74 Å². The Morgan fingerprint density at radius 1 is 1.38 bits per heavy atom. The van der Waals surface area contributed by atoms with Crippen LogP contribution < -0.4 is 5.32 Å². The molecule has 0 aromatic rings. The first-order valence-electron chi connectivity index (χ1n) is 5.01. The fourth-order valence-electron chi connectivity index (χ4n) is 0.852. The summed E-state index contributed by atoms with van der Waals surface area (Å²) in [6.45, 7) is 7.00. The van der Waals surface area contributed by atoms with Crippen LogP contribution in [0.4, 0.5) is 4.79 Å². The van der Waals surface area contributed by atoms with E-state index in [1.807, 2.05) is 0 Å². The lowest BCUT2D eigenvalue weighted by atomic mass is 10.2. The van der Waals surface area contributed by atoms with Gasteiger partial charge in [0.05, 0.1) is 6.61 Å². The van der Waals surface area contributed by atoms with Crippen LogP contribution in [0.3, 0.4) is 0 Å². The van der Waals surface area contributed by atoms with E-state index in [4.69, 9.17) is 4.74 Å². The Morgan fingerprint density at radius 2 is 2.15 bits per heavy atom. The normalized spacial score (nSPS) is 9.69. The van der Waals surface area contributed by atoms with Crippen molar-refractivity contribution < 1.29 is 9.53 Å². The Bertz CT molecular complexity index is 126. The second kappa shape index (κ2) is 9.36. The van der Waals surface area contributed by atoms with E-state index in [9.17, 15) is 4.79 Å². The predicted molar refractivity (Wildman–Crippen MR) is 53.5 cm³/mol. The third-order valence-corrected chi connectivity index (χ3v) is 1.68. The molecular formula is C10H20NO2. The van der Waals surface area contributed by atoms with Gasteiger partial charge in [0.15, 0.2) is 0 Å². The molecule has 3 nitrogen and oxygen atoms in total. The first-order valence-corrected chi connectivity index (χ1v) is 5.01. The van der Waals surface area contributed by atoms with Gasteiger partial charge in [-0.25, -0.2) is 4.79 Å². The van der Waals surface area contributed by atoms with E-state index in [2.05, 4.69) is 19.2 Å². The van der Waals surface area contributed by atoms with E-state index < -0.39 is 0 Å². The summed E-state index contributed by atoms with van der Waals surface area (Å²) in [5, 5.41) is 2.69. The molecular weight excluding hydrogens is 166 g/mol. The third kappa shape index (κ3) is 9.18. The van der Waals surface area contributed by atoms with Crippen molar-refractivity contribution in [3.05, 3.63) is 6.92 Å². The number of carbonyl (C=O) groups excluding carboxylic acids is 1. The Kier molecular flexibility index (Phi) is 8.83. The number of carbonyl (C=O) groups is 1. The first-order chi connectivity index (χ1) is 6.31. The van der Waals surface area contributed by atoms with E-state index in [-0.39, 0.29) is 6.09 Å². The third-order valence-electron chi connectivity index (χ3n) is 1.68. The van der Waals surface area contributed by atoms with Gasteiger partial charge in [-0.15, -0.1) is 0 Å². The summed E-state index contributed by atoms with van der Waals surface area (Å²) in [7, 11) is 0. The largest absolute Gasteiger partial charge is 0.450 e. The van der Waals surface area contributed by atoms with Gasteiger partial charge in [0.1, 0.15) is 0 Å². The summed E-state index contributed by atoms with van der Waals surface area (Å²) in [6.07, 6.45) is 4.65. The van der Waals surface area contributed by atoms with Crippen molar-refractivity contribution in [3.63, 3.8) is 0 Å². The maximum absolute atomic E-state index is 10.9. The molecule has 77 valence electrons. The first kappa shape index (κ1) is 12.3. The lowest BCUT2D eigenvalue weighted by Crippen LogP contribution is -2.25. The van der Waals surface area contributed by atoms with Crippen molar-refractivity contribution in [2.24, 2.45) is 0 Å². The Balaban J connectivity index is 3.11. The fourth-order valence-corrected chi connectivity index (χ4v) is 0.852. The highest BCUT2D eigenvalue weighted by molar-refractivity contribution is 5.66. The minimum atomic E-state index is -0.294. The van der Waals surface area contributed by atoms with Gasteiger partial charge < -0.3 is 10.1 Å². The number of hydrogen-bond acceptors (Lipinski definition) is 2. The number of ether oxygens (including phenoxy) is 1. The molecule has 0 fully saturated rings. The number of hydrogen-bond donors (Lipinski definition) is 1. The molecule has 0 unspecified atom stereocenters. The van der Waals surface area contributed by atoms with Crippen LogP contribution in [0.15, 0.2) is 0 Å². The van der Waals surface area contributed by atoms with E-state index in [1.165, 1.54) is 0 Å². The molecule has 0 rings (SSSR count). The molecule has 13 heavy (non-hydrogen) atoms. The topological polar surface area (TPSA) is 38.3 Å². The monoisotopic (exact) mass is 186 g/mol. The number of alkyl carbamates (subject to hydrolysis) is 1. The van der Waals surface area contributed by atoms with E-state index in [1.54, 1.807) is 0 Å². The molecule has 1 N–H and O–H groups in total. The van der Waals surface area contributed by atoms with Gasteiger partial charge in [0.25, 0.3) is 0 Å². The van der Waals surface area contributed by atoms with Crippen LogP contribution in [0, 0.1) is 6.92 Å². The van der Waals surface area contributed by atoms with Crippen LogP contribution in [0.25, 0.3) is 0 Å². The van der Waals surface area contributed by atoms with Crippen molar-refractivity contribution in [1.82, 2.24) is 5.32 Å². The quantitative estimate of drug-likeness (QED) is 0.620. The molecule has 3 heteroatoms. The van der Waals surface area contributed by atoms with Gasteiger partial charge in [-0.2, -0.15) is 0 Å². The Labute approximate surface area is 80.8 Å². The smallest absolute Gasteiger partial charge is 0.407 e. The fraction of sp³-hybridized carbons (Fsp3) is 0.800. The summed E-state index contributed by atoms with van der Waals surface area (Å²) >= 11 is 0. The SMILES string of the molecule is [CH2]CCCCNC(=O)OCCCC. The predicted octanol–water partition coefficient (Wildman–Crippen LogP) is 2.52. The van der Waals surface area contributed by atoms with Crippen molar-refractivity contribution in [3.8, 4) is 0 Å². The second-order valence-electron chi connectivity index (χ2n) is 2.98. The Hall–Kier alpha value is -0.730. The summed E-state index contributed by atoms with van der Waals surface area (Å²) in [6, 6.07) is 0. The van der Waals surface area contributed by atoms with Crippen LogP contribution in [-0.4, -0.2) is 19.2 Å². The zero-order valence-corrected chi connectivity index (χ0v) is 8.47. The lowest BCUT2D eigenvalue weighted by Gasteiger charge is -2.05. The zero-order valence-electron chi connectivity index (χ0n) is 8.47. The van der Waals surface area contributed by atoms with Gasteiger partial charge in [-0.05, 0) is 12.8 Å². The van der Waals surface area contributed by atoms with Crippen molar-refractivity contribution in [2.45, 2.75) is 39.0 Å². The molecule has 0 aromatic heterocycles. The molecule has 0 bridgehead atoms. The van der Waals surface area contributed by atoms with Gasteiger partial charge in [0, 0.05) is 6.54 Å². The molecule has 0 atom stereocenters. The number of nitrogens with one attached hydrogen (secondary N) is 1. The molecule has 0 aliphatic heterocycles. The average Bonchev–Trinajstić information content (AvgIpc) is 2.13. The molecule has 0 aromatic carbocycles. The standard InChI is InChI=1S/C10H20NO2/c1-3-5-7-8-11-10(12)13-9-6-4-2/h1,3-9H2,2H3,(H,11,12). The molecule has 1 amide bonds. The number of unbranched alkanes of at least 4 members (excludes halogenated alkanes) is 3. The zero-order chi connectivity index (χ0) is 9.94. The minimum absolute atomic E-state index is 0.294. The highest BCUT2D eigenvalue weighted by Crippen LogP contribution is 1.92. The summed E-state index contributed by atoms with van der Waals surface area (Å²) in [5.74, 6) is 0. The van der Waals surface area contributed by atoms with Gasteiger partial charge in [0.2, 0.25) is 0 Å². The van der Waals surface area contributed by atoms with Crippen LogP contribution in [0.2, 0.25) is 0 Å². The molecule has 0 aliphatic carbocycles. The molecule has 1 radical (unpaired) electrons. The summed E-state index contributed by atoms with van der Waals surface area (Å²) < 4.78 is 4.90. The average molecular weight is 186 g/mol. The van der Waals surface area contributed by atoms with Gasteiger partial charge >= 0.3 is 6.09 Å². The van der Waals surface area contributed by atoms with E-state index in [0.29, 0.717) is 13.2 Å². The molecule has 0 spiro atoms.